The van der Waals surface area contributed by atoms with E-state index in [1.807, 2.05) is 42.2 Å². The normalized spacial score (nSPS) is 25.8. The number of nitrogens with zero attached hydrogens (tertiary/aromatic N) is 2. The van der Waals surface area contributed by atoms with E-state index in [2.05, 4.69) is 4.98 Å². The van der Waals surface area contributed by atoms with Gasteiger partial charge in [0.05, 0.1) is 5.92 Å². The van der Waals surface area contributed by atoms with E-state index in [0.717, 1.165) is 10.9 Å². The Labute approximate surface area is 150 Å². The molecule has 4 rings (SSSR count). The van der Waals surface area contributed by atoms with Gasteiger partial charge in [0.25, 0.3) is 5.56 Å². The molecule has 0 bridgehead atoms. The van der Waals surface area contributed by atoms with Gasteiger partial charge in [-0.25, -0.2) is 0 Å². The number of H-pyrrole nitrogens is 1. The third-order valence-corrected chi connectivity index (χ3v) is 5.73. The summed E-state index contributed by atoms with van der Waals surface area (Å²) in [5.41, 5.74) is 0.113. The number of aliphatic carboxylic acids is 1. The van der Waals surface area contributed by atoms with Gasteiger partial charge in [0.1, 0.15) is 5.41 Å². The molecule has 7 heteroatoms. The number of hydrogen-bond donors (Lipinski definition) is 2. The van der Waals surface area contributed by atoms with Gasteiger partial charge in [0, 0.05) is 43.8 Å². The highest BCUT2D eigenvalue weighted by Crippen LogP contribution is 2.43. The zero-order valence-corrected chi connectivity index (χ0v) is 14.6. The van der Waals surface area contributed by atoms with Crippen LogP contribution in [0.3, 0.4) is 0 Å². The van der Waals surface area contributed by atoms with Crippen molar-refractivity contribution < 1.29 is 14.7 Å². The lowest BCUT2D eigenvalue weighted by Crippen LogP contribution is -2.41. The summed E-state index contributed by atoms with van der Waals surface area (Å²) in [7, 11) is 0. The number of aromatic nitrogens is 1. The quantitative estimate of drug-likeness (QED) is 0.850. The molecule has 26 heavy (non-hydrogen) atoms. The van der Waals surface area contributed by atoms with Crippen molar-refractivity contribution in [1.82, 2.24) is 14.8 Å². The first kappa shape index (κ1) is 16.8. The smallest absolute Gasteiger partial charge is 0.313 e. The van der Waals surface area contributed by atoms with Crippen LogP contribution < -0.4 is 5.56 Å². The molecule has 2 atom stereocenters. The number of hydrogen-bond acceptors (Lipinski definition) is 4. The molecule has 1 aromatic heterocycles. The van der Waals surface area contributed by atoms with Crippen LogP contribution in [0.2, 0.25) is 0 Å². The van der Waals surface area contributed by atoms with Crippen LogP contribution in [-0.4, -0.2) is 57.9 Å². The number of rotatable bonds is 4. The fourth-order valence-electron chi connectivity index (χ4n) is 4.34. The first-order valence-electron chi connectivity index (χ1n) is 8.80. The molecular weight excluding hydrogens is 334 g/mol. The van der Waals surface area contributed by atoms with E-state index in [1.165, 1.54) is 0 Å². The Kier molecular flexibility index (Phi) is 3.84. The Morgan fingerprint density at radius 2 is 2.08 bits per heavy atom. The van der Waals surface area contributed by atoms with E-state index in [4.69, 9.17) is 0 Å². The minimum absolute atomic E-state index is 0.0928. The Morgan fingerprint density at radius 1 is 1.31 bits per heavy atom. The number of fused-ring (bicyclic) bond motifs is 2. The summed E-state index contributed by atoms with van der Waals surface area (Å²) in [6, 6.07) is 9.38. The molecule has 136 valence electrons. The van der Waals surface area contributed by atoms with E-state index < -0.39 is 17.3 Å². The van der Waals surface area contributed by atoms with E-state index in [-0.39, 0.29) is 24.6 Å². The molecule has 2 N–H and O–H groups in total. The van der Waals surface area contributed by atoms with Crippen molar-refractivity contribution in [1.29, 1.82) is 0 Å². The molecule has 0 unspecified atom stereocenters. The van der Waals surface area contributed by atoms with Crippen molar-refractivity contribution in [3.63, 3.8) is 0 Å². The van der Waals surface area contributed by atoms with E-state index >= 15 is 0 Å². The van der Waals surface area contributed by atoms with Crippen molar-refractivity contribution in [3.05, 3.63) is 46.2 Å². The average Bonchev–Trinajstić information content (AvgIpc) is 3.11. The summed E-state index contributed by atoms with van der Waals surface area (Å²) in [4.78, 5) is 43.3. The number of carbonyl (C=O) groups is 2. The molecule has 1 aromatic carbocycles. The predicted octanol–water partition coefficient (Wildman–Crippen LogP) is 0.893. The number of para-hydroxylation sites is 1. The van der Waals surface area contributed by atoms with Crippen molar-refractivity contribution in [3.8, 4) is 0 Å². The molecule has 2 aliphatic heterocycles. The van der Waals surface area contributed by atoms with Crippen LogP contribution >= 0.6 is 0 Å². The van der Waals surface area contributed by atoms with Gasteiger partial charge >= 0.3 is 5.97 Å². The van der Waals surface area contributed by atoms with Crippen LogP contribution in [0, 0.1) is 11.3 Å². The maximum absolute atomic E-state index is 12.5. The van der Waals surface area contributed by atoms with Gasteiger partial charge in [-0.3, -0.25) is 19.3 Å². The second kappa shape index (κ2) is 5.95. The van der Waals surface area contributed by atoms with E-state index in [1.54, 1.807) is 4.90 Å². The molecule has 2 saturated heterocycles. The van der Waals surface area contributed by atoms with E-state index in [0.29, 0.717) is 25.2 Å². The largest absolute Gasteiger partial charge is 0.481 e. The standard InChI is InChI=1S/C19H21N3O4/c1-2-22-11-19(18(25)26)10-21(9-14(19)17(22)24)8-13-7-12-5-3-4-6-15(12)20-16(13)23/h3-7,14H,2,8-11H2,1H3,(H,20,23)(H,25,26)/t14-,19-/m0/s1. The molecule has 2 fully saturated rings. The van der Waals surface area contributed by atoms with Gasteiger partial charge in [-0.05, 0) is 24.4 Å². The summed E-state index contributed by atoms with van der Waals surface area (Å²) >= 11 is 0. The SMILES string of the molecule is CCN1C[C@@]2(C(=O)O)CN(Cc3cc4ccccc4[nH]c3=O)C[C@H]2C1=O. The number of nitrogens with one attached hydrogen (secondary N) is 1. The highest BCUT2D eigenvalue weighted by Gasteiger charge is 2.61. The zero-order chi connectivity index (χ0) is 18.5. The maximum atomic E-state index is 12.5. The van der Waals surface area contributed by atoms with Crippen molar-refractivity contribution in [2.75, 3.05) is 26.2 Å². The number of amides is 1. The number of carboxylic acids is 1. The molecule has 0 saturated carbocycles. The second-order valence-corrected chi connectivity index (χ2v) is 7.25. The van der Waals surface area contributed by atoms with Crippen LogP contribution in [0.25, 0.3) is 10.9 Å². The number of aromatic amines is 1. The molecular formula is C19H21N3O4. The number of carboxylic acid groups (broad SMARTS) is 1. The molecule has 2 aromatic rings. The average molecular weight is 355 g/mol. The van der Waals surface area contributed by atoms with Crippen LogP contribution in [-0.2, 0) is 16.1 Å². The Morgan fingerprint density at radius 3 is 2.77 bits per heavy atom. The minimum atomic E-state index is -1.07. The summed E-state index contributed by atoms with van der Waals surface area (Å²) in [5, 5.41) is 10.7. The number of carbonyl (C=O) groups excluding carboxylic acids is 1. The van der Waals surface area contributed by atoms with Gasteiger partial charge in [0.15, 0.2) is 0 Å². The zero-order valence-electron chi connectivity index (χ0n) is 14.6. The summed E-state index contributed by atoms with van der Waals surface area (Å²) in [6.07, 6.45) is 0. The van der Waals surface area contributed by atoms with Crippen molar-refractivity contribution in [2.45, 2.75) is 13.5 Å². The third-order valence-electron chi connectivity index (χ3n) is 5.73. The van der Waals surface area contributed by atoms with Crippen LogP contribution in [0.1, 0.15) is 12.5 Å². The highest BCUT2D eigenvalue weighted by molar-refractivity contribution is 5.92. The molecule has 1 amide bonds. The highest BCUT2D eigenvalue weighted by atomic mass is 16.4. The summed E-state index contributed by atoms with van der Waals surface area (Å²) in [5.74, 6) is -1.56. The molecule has 0 aliphatic carbocycles. The fraction of sp³-hybridized carbons (Fsp3) is 0.421. The summed E-state index contributed by atoms with van der Waals surface area (Å²) in [6.45, 7) is 3.61. The lowest BCUT2D eigenvalue weighted by molar-refractivity contribution is -0.149. The molecule has 7 nitrogen and oxygen atoms in total. The first-order chi connectivity index (χ1) is 12.4. The van der Waals surface area contributed by atoms with Gasteiger partial charge in [-0.2, -0.15) is 0 Å². The summed E-state index contributed by atoms with van der Waals surface area (Å²) < 4.78 is 0. The predicted molar refractivity (Wildman–Crippen MR) is 95.7 cm³/mol. The molecule has 0 radical (unpaired) electrons. The fourth-order valence-corrected chi connectivity index (χ4v) is 4.34. The number of benzene rings is 1. The van der Waals surface area contributed by atoms with Crippen LogP contribution in [0.15, 0.2) is 35.1 Å². The monoisotopic (exact) mass is 355 g/mol. The second-order valence-electron chi connectivity index (χ2n) is 7.25. The van der Waals surface area contributed by atoms with Crippen molar-refractivity contribution in [2.24, 2.45) is 11.3 Å². The molecule has 0 spiro atoms. The Hall–Kier alpha value is -2.67. The van der Waals surface area contributed by atoms with E-state index in [9.17, 15) is 19.5 Å². The minimum Gasteiger partial charge on any atom is -0.481 e. The molecule has 2 aliphatic rings. The van der Waals surface area contributed by atoms with Gasteiger partial charge in [-0.1, -0.05) is 18.2 Å². The lowest BCUT2D eigenvalue weighted by Gasteiger charge is -2.24. The maximum Gasteiger partial charge on any atom is 0.313 e. The number of pyridine rings is 1. The van der Waals surface area contributed by atoms with Crippen LogP contribution in [0.4, 0.5) is 0 Å². The van der Waals surface area contributed by atoms with Crippen LogP contribution in [0.5, 0.6) is 0 Å². The molecule has 3 heterocycles. The van der Waals surface area contributed by atoms with Gasteiger partial charge in [-0.15, -0.1) is 0 Å². The number of likely N-dealkylation sites (tertiary alicyclic amines) is 2. The van der Waals surface area contributed by atoms with Crippen molar-refractivity contribution >= 4 is 22.8 Å². The first-order valence-corrected chi connectivity index (χ1v) is 8.80. The topological polar surface area (TPSA) is 93.7 Å². The lowest BCUT2D eigenvalue weighted by atomic mass is 9.81. The third kappa shape index (κ3) is 2.42. The van der Waals surface area contributed by atoms with Gasteiger partial charge in [0.2, 0.25) is 5.91 Å². The Bertz CT molecular complexity index is 953. The Balaban J connectivity index is 1.62. The van der Waals surface area contributed by atoms with Gasteiger partial charge < -0.3 is 15.0 Å².